The van der Waals surface area contributed by atoms with Gasteiger partial charge < -0.3 is 20.5 Å². The lowest BCUT2D eigenvalue weighted by Gasteiger charge is -2.25. The first-order valence-corrected chi connectivity index (χ1v) is 5.53. The second-order valence-corrected chi connectivity index (χ2v) is 3.78. The van der Waals surface area contributed by atoms with Crippen molar-refractivity contribution in [2.45, 2.75) is 13.0 Å². The van der Waals surface area contributed by atoms with Gasteiger partial charge in [-0.3, -0.25) is 0 Å². The van der Waals surface area contributed by atoms with E-state index < -0.39 is 37.8 Å². The first kappa shape index (κ1) is 16.3. The van der Waals surface area contributed by atoms with E-state index in [2.05, 4.69) is 4.74 Å². The Balaban J connectivity index is 3.12. The molecule has 4 nitrogen and oxygen atoms in total. The number of alkyl halides is 4. The Morgan fingerprint density at radius 1 is 1.25 bits per heavy atom. The van der Waals surface area contributed by atoms with Crippen molar-refractivity contribution in [1.82, 2.24) is 0 Å². The molecule has 0 radical (unpaired) electrons. The van der Waals surface area contributed by atoms with Gasteiger partial charge >= 0.3 is 6.61 Å². The third kappa shape index (κ3) is 4.41. The van der Waals surface area contributed by atoms with Crippen molar-refractivity contribution in [3.8, 4) is 5.75 Å². The molecule has 0 unspecified atom stereocenters. The number of rotatable bonds is 7. The van der Waals surface area contributed by atoms with Crippen molar-refractivity contribution in [1.29, 1.82) is 0 Å². The molecule has 0 saturated carbocycles. The van der Waals surface area contributed by atoms with E-state index in [1.807, 2.05) is 0 Å². The molecule has 1 aromatic carbocycles. The number of ether oxygens (including phenoxy) is 1. The van der Waals surface area contributed by atoms with Gasteiger partial charge in [0, 0.05) is 18.7 Å². The summed E-state index contributed by atoms with van der Waals surface area (Å²) in [6.45, 7) is -4.73. The molecule has 0 aromatic heterocycles. The molecule has 0 amide bonds. The van der Waals surface area contributed by atoms with Gasteiger partial charge in [0.1, 0.15) is 0 Å². The van der Waals surface area contributed by atoms with Crippen molar-refractivity contribution in [2.75, 3.05) is 30.3 Å². The molecule has 0 aliphatic rings. The van der Waals surface area contributed by atoms with E-state index in [0.29, 0.717) is 6.07 Å². The predicted molar refractivity (Wildman–Crippen MR) is 62.7 cm³/mol. The van der Waals surface area contributed by atoms with Crippen molar-refractivity contribution in [3.63, 3.8) is 0 Å². The Morgan fingerprint density at radius 3 is 2.40 bits per heavy atom. The highest BCUT2D eigenvalue weighted by Crippen LogP contribution is 2.32. The van der Waals surface area contributed by atoms with Gasteiger partial charge in [-0.1, -0.05) is 0 Å². The van der Waals surface area contributed by atoms with Crippen LogP contribution in [0.2, 0.25) is 0 Å². The molecule has 0 saturated heterocycles. The average molecular weight is 300 g/mol. The zero-order chi connectivity index (χ0) is 15.3. The van der Waals surface area contributed by atoms with Crippen LogP contribution in [0.1, 0.15) is 0 Å². The molecule has 0 bridgehead atoms. The minimum absolute atomic E-state index is 0.114. The fraction of sp³-hybridized carbons (Fsp3) is 0.455. The summed E-state index contributed by atoms with van der Waals surface area (Å²) in [6.07, 6.45) is -2.74. The highest BCUT2D eigenvalue weighted by atomic mass is 19.3. The van der Waals surface area contributed by atoms with Crippen LogP contribution in [0.3, 0.4) is 0 Å². The first-order chi connectivity index (χ1) is 9.35. The van der Waals surface area contributed by atoms with Gasteiger partial charge in [0.15, 0.2) is 11.6 Å². The number of nitrogen functional groups attached to an aromatic ring is 1. The normalized spacial score (nSPS) is 11.2. The third-order valence-corrected chi connectivity index (χ3v) is 2.37. The maximum atomic E-state index is 13.3. The summed E-state index contributed by atoms with van der Waals surface area (Å²) in [6, 6.07) is 1.50. The van der Waals surface area contributed by atoms with Crippen molar-refractivity contribution < 1.29 is 31.8 Å². The maximum absolute atomic E-state index is 13.3. The SMILES string of the molecule is Nc1cc(F)c(OC(F)F)cc1N(CCO)CC(F)F. The number of hydrogen-bond acceptors (Lipinski definition) is 4. The van der Waals surface area contributed by atoms with Gasteiger partial charge in [-0.05, 0) is 0 Å². The minimum Gasteiger partial charge on any atom is -0.432 e. The summed E-state index contributed by atoms with van der Waals surface area (Å²) in [5.41, 5.74) is 5.14. The topological polar surface area (TPSA) is 58.7 Å². The number of hydrogen-bond donors (Lipinski definition) is 2. The molecule has 0 heterocycles. The van der Waals surface area contributed by atoms with Crippen LogP contribution in [0.25, 0.3) is 0 Å². The zero-order valence-corrected chi connectivity index (χ0v) is 10.2. The Kier molecular flexibility index (Phi) is 5.81. The summed E-state index contributed by atoms with van der Waals surface area (Å²) in [5.74, 6) is -1.94. The summed E-state index contributed by atoms with van der Waals surface area (Å²) in [5, 5.41) is 8.82. The predicted octanol–water partition coefficient (Wildman–Crippen LogP) is 2.07. The molecule has 0 aliphatic heterocycles. The molecule has 0 spiro atoms. The van der Waals surface area contributed by atoms with Gasteiger partial charge in [-0.25, -0.2) is 13.2 Å². The fourth-order valence-electron chi connectivity index (χ4n) is 1.62. The Labute approximate surface area is 111 Å². The zero-order valence-electron chi connectivity index (χ0n) is 10.2. The first-order valence-electron chi connectivity index (χ1n) is 5.53. The Bertz CT molecular complexity index is 445. The second kappa shape index (κ2) is 7.13. The smallest absolute Gasteiger partial charge is 0.387 e. The van der Waals surface area contributed by atoms with Gasteiger partial charge in [-0.15, -0.1) is 0 Å². The minimum atomic E-state index is -3.26. The lowest BCUT2D eigenvalue weighted by atomic mass is 10.2. The number of aliphatic hydroxyl groups excluding tert-OH is 1. The number of nitrogens with zero attached hydrogens (tertiary/aromatic N) is 1. The molecule has 0 aliphatic carbocycles. The number of benzene rings is 1. The van der Waals surface area contributed by atoms with E-state index >= 15 is 0 Å². The van der Waals surface area contributed by atoms with E-state index in [9.17, 15) is 22.0 Å². The van der Waals surface area contributed by atoms with Crippen LogP contribution in [-0.2, 0) is 0 Å². The lowest BCUT2D eigenvalue weighted by Crippen LogP contribution is -2.32. The van der Waals surface area contributed by atoms with E-state index in [4.69, 9.17) is 10.8 Å². The molecular weight excluding hydrogens is 287 g/mol. The largest absolute Gasteiger partial charge is 0.432 e. The quantitative estimate of drug-likeness (QED) is 0.598. The second-order valence-electron chi connectivity index (χ2n) is 3.78. The van der Waals surface area contributed by atoms with Gasteiger partial charge in [0.25, 0.3) is 6.43 Å². The van der Waals surface area contributed by atoms with Gasteiger partial charge in [0.05, 0.1) is 24.5 Å². The van der Waals surface area contributed by atoms with E-state index in [-0.39, 0.29) is 17.9 Å². The number of aliphatic hydroxyl groups is 1. The van der Waals surface area contributed by atoms with Crippen LogP contribution in [0.4, 0.5) is 33.3 Å². The number of halogens is 5. The van der Waals surface area contributed by atoms with E-state index in [0.717, 1.165) is 11.0 Å². The summed E-state index contributed by atoms with van der Waals surface area (Å²) >= 11 is 0. The van der Waals surface area contributed by atoms with Gasteiger partial charge in [-0.2, -0.15) is 8.78 Å². The molecular formula is C11H13F5N2O2. The fourth-order valence-corrected chi connectivity index (χ4v) is 1.62. The molecule has 1 rings (SSSR count). The summed E-state index contributed by atoms with van der Waals surface area (Å²) in [7, 11) is 0. The molecule has 114 valence electrons. The van der Waals surface area contributed by atoms with Crippen LogP contribution in [-0.4, -0.2) is 37.8 Å². The van der Waals surface area contributed by atoms with E-state index in [1.54, 1.807) is 0 Å². The number of anilines is 2. The summed E-state index contributed by atoms with van der Waals surface area (Å²) < 4.78 is 66.3. The number of nitrogens with two attached hydrogens (primary N) is 1. The molecule has 0 fully saturated rings. The van der Waals surface area contributed by atoms with Crippen LogP contribution in [0.15, 0.2) is 12.1 Å². The highest BCUT2D eigenvalue weighted by Gasteiger charge is 2.19. The van der Waals surface area contributed by atoms with Crippen molar-refractivity contribution in [2.24, 2.45) is 0 Å². The molecule has 0 atom stereocenters. The molecule has 1 aromatic rings. The highest BCUT2D eigenvalue weighted by molar-refractivity contribution is 5.70. The average Bonchev–Trinajstić information content (AvgIpc) is 2.31. The van der Waals surface area contributed by atoms with Crippen LogP contribution in [0, 0.1) is 5.82 Å². The Hall–Kier alpha value is -1.77. The Morgan fingerprint density at radius 2 is 1.90 bits per heavy atom. The monoisotopic (exact) mass is 300 g/mol. The van der Waals surface area contributed by atoms with Crippen LogP contribution in [0.5, 0.6) is 5.75 Å². The molecule has 3 N–H and O–H groups in total. The van der Waals surface area contributed by atoms with Crippen molar-refractivity contribution in [3.05, 3.63) is 17.9 Å². The molecule has 9 heteroatoms. The van der Waals surface area contributed by atoms with Crippen LogP contribution >= 0.6 is 0 Å². The lowest BCUT2D eigenvalue weighted by molar-refractivity contribution is -0.0521. The molecule has 20 heavy (non-hydrogen) atoms. The van der Waals surface area contributed by atoms with Crippen LogP contribution < -0.4 is 15.4 Å². The van der Waals surface area contributed by atoms with Gasteiger partial charge in [0.2, 0.25) is 0 Å². The third-order valence-electron chi connectivity index (χ3n) is 2.37. The maximum Gasteiger partial charge on any atom is 0.387 e. The summed E-state index contributed by atoms with van der Waals surface area (Å²) in [4.78, 5) is 0.956. The van der Waals surface area contributed by atoms with E-state index in [1.165, 1.54) is 0 Å². The van der Waals surface area contributed by atoms with Crippen molar-refractivity contribution >= 4 is 11.4 Å². The standard InChI is InChI=1S/C11H13F5N2O2/c12-6-3-7(17)8(4-9(6)20-11(15)16)18(1-2-19)5-10(13)14/h3-4,10-11,19H,1-2,5,17H2.